The molecule has 0 amide bonds. The van der Waals surface area contributed by atoms with Gasteiger partial charge in [0.25, 0.3) is 0 Å². The predicted molar refractivity (Wildman–Crippen MR) is 79.1 cm³/mol. The summed E-state index contributed by atoms with van der Waals surface area (Å²) in [6, 6.07) is 5.64. The highest BCUT2D eigenvalue weighted by Crippen LogP contribution is 2.22. The molecule has 104 valence electrons. The molecule has 0 N–H and O–H groups in total. The van der Waals surface area contributed by atoms with Crippen molar-refractivity contribution in [3.8, 4) is 0 Å². The highest BCUT2D eigenvalue weighted by atomic mass is 35.5. The number of hydrogen-bond donors (Lipinski definition) is 0. The Kier molecular flexibility index (Phi) is 3.63. The summed E-state index contributed by atoms with van der Waals surface area (Å²) in [5.41, 5.74) is 1.84. The maximum atomic E-state index is 6.01. The monoisotopic (exact) mass is 309 g/mol. The van der Waals surface area contributed by atoms with Gasteiger partial charge in [-0.1, -0.05) is 11.6 Å². The minimum atomic E-state index is 0.340. The van der Waals surface area contributed by atoms with E-state index in [9.17, 15) is 0 Å². The normalized spacial score (nSPS) is 11.3. The fourth-order valence-corrected chi connectivity index (χ4v) is 2.61. The third-order valence-electron chi connectivity index (χ3n) is 3.24. The predicted octanol–water partition coefficient (Wildman–Crippen LogP) is 3.09. The van der Waals surface area contributed by atoms with Crippen LogP contribution in [-0.2, 0) is 19.0 Å². The first kappa shape index (κ1) is 13.4. The van der Waals surface area contributed by atoms with Gasteiger partial charge in [0.05, 0.1) is 23.5 Å². The van der Waals surface area contributed by atoms with Crippen molar-refractivity contribution in [2.45, 2.75) is 25.9 Å². The Morgan fingerprint density at radius 1 is 1.25 bits per heavy atom. The second kappa shape index (κ2) is 5.42. The Hall–Kier alpha value is -1.59. The Labute approximate surface area is 126 Å². The fourth-order valence-electron chi connectivity index (χ4n) is 2.24. The second-order valence-corrected chi connectivity index (χ2v) is 5.12. The molecule has 1 aromatic carbocycles. The average Bonchev–Trinajstić information content (AvgIpc) is 3.03. The Balaban J connectivity index is 2.10. The molecule has 0 unspecified atom stereocenters. The average molecular weight is 310 g/mol. The van der Waals surface area contributed by atoms with E-state index in [-0.39, 0.29) is 0 Å². The number of aryl methyl sites for hydroxylation is 1. The van der Waals surface area contributed by atoms with Crippen molar-refractivity contribution in [3.63, 3.8) is 0 Å². The number of rotatable bonds is 4. The maximum Gasteiger partial charge on any atom is 0.152 e. The van der Waals surface area contributed by atoms with E-state index in [0.29, 0.717) is 17.4 Å². The lowest BCUT2D eigenvalue weighted by atomic mass is 10.3. The van der Waals surface area contributed by atoms with Gasteiger partial charge in [-0.2, -0.15) is 0 Å². The largest absolute Gasteiger partial charge is 0.319 e. The molecule has 0 saturated carbocycles. The van der Waals surface area contributed by atoms with Crippen LogP contribution in [0, 0.1) is 0 Å². The summed E-state index contributed by atoms with van der Waals surface area (Å²) in [5, 5.41) is 8.77. The van der Waals surface area contributed by atoms with Crippen LogP contribution in [0.5, 0.6) is 0 Å². The number of benzene rings is 1. The molecular weight excluding hydrogens is 297 g/mol. The lowest BCUT2D eigenvalue weighted by Crippen LogP contribution is -2.09. The molecule has 0 spiro atoms. The van der Waals surface area contributed by atoms with Crippen molar-refractivity contribution < 1.29 is 0 Å². The number of alkyl halides is 1. The second-order valence-electron chi connectivity index (χ2n) is 4.41. The number of fused-ring (bicyclic) bond motifs is 1. The Morgan fingerprint density at radius 2 is 2.10 bits per heavy atom. The van der Waals surface area contributed by atoms with Gasteiger partial charge in [-0.15, -0.1) is 21.8 Å². The summed E-state index contributed by atoms with van der Waals surface area (Å²) < 4.78 is 4.05. The van der Waals surface area contributed by atoms with Crippen LogP contribution in [0.15, 0.2) is 24.5 Å². The van der Waals surface area contributed by atoms with Crippen LogP contribution in [0.3, 0.4) is 0 Å². The molecule has 5 nitrogen and oxygen atoms in total. The maximum absolute atomic E-state index is 6.01. The summed E-state index contributed by atoms with van der Waals surface area (Å²) in [5.74, 6) is 2.02. The van der Waals surface area contributed by atoms with Crippen LogP contribution in [0.25, 0.3) is 11.0 Å². The van der Waals surface area contributed by atoms with E-state index in [1.165, 1.54) is 0 Å². The van der Waals surface area contributed by atoms with Gasteiger partial charge < -0.3 is 9.13 Å². The van der Waals surface area contributed by atoms with E-state index in [4.69, 9.17) is 23.2 Å². The van der Waals surface area contributed by atoms with Gasteiger partial charge in [0, 0.05) is 11.6 Å². The van der Waals surface area contributed by atoms with Crippen molar-refractivity contribution in [1.82, 2.24) is 24.3 Å². The summed E-state index contributed by atoms with van der Waals surface area (Å²) in [6.07, 6.45) is 1.73. The quantitative estimate of drug-likeness (QED) is 0.696. The van der Waals surface area contributed by atoms with E-state index in [1.54, 1.807) is 6.33 Å². The molecule has 7 heteroatoms. The van der Waals surface area contributed by atoms with Gasteiger partial charge >= 0.3 is 0 Å². The van der Waals surface area contributed by atoms with Crippen molar-refractivity contribution >= 4 is 34.2 Å². The van der Waals surface area contributed by atoms with E-state index in [2.05, 4.69) is 26.7 Å². The first-order valence-corrected chi connectivity index (χ1v) is 7.21. The first-order chi connectivity index (χ1) is 9.72. The lowest BCUT2D eigenvalue weighted by molar-refractivity contribution is 0.648. The van der Waals surface area contributed by atoms with Crippen LogP contribution in [0.2, 0.25) is 5.02 Å². The summed E-state index contributed by atoms with van der Waals surface area (Å²) in [4.78, 5) is 4.52. The standard InChI is InChI=1S/C13H13Cl2N5/c1-2-19-8-16-18-13(19)7-20-11-4-3-9(15)5-10(11)17-12(20)6-14/h3-5,8H,2,6-7H2,1H3. The van der Waals surface area contributed by atoms with Crippen LogP contribution < -0.4 is 0 Å². The summed E-state index contributed by atoms with van der Waals surface area (Å²) in [7, 11) is 0. The van der Waals surface area contributed by atoms with E-state index >= 15 is 0 Å². The van der Waals surface area contributed by atoms with Crippen molar-refractivity contribution in [2.24, 2.45) is 0 Å². The van der Waals surface area contributed by atoms with Gasteiger partial charge in [-0.25, -0.2) is 4.98 Å². The highest BCUT2D eigenvalue weighted by Gasteiger charge is 2.13. The lowest BCUT2D eigenvalue weighted by Gasteiger charge is -2.08. The Bertz CT molecular complexity index is 746. The van der Waals surface area contributed by atoms with E-state index in [1.807, 2.05) is 22.8 Å². The van der Waals surface area contributed by atoms with Crippen LogP contribution in [0.1, 0.15) is 18.6 Å². The minimum absolute atomic E-state index is 0.340. The van der Waals surface area contributed by atoms with E-state index in [0.717, 1.165) is 29.2 Å². The van der Waals surface area contributed by atoms with Crippen molar-refractivity contribution in [2.75, 3.05) is 0 Å². The molecule has 0 radical (unpaired) electrons. The number of nitrogens with zero attached hydrogens (tertiary/aromatic N) is 5. The van der Waals surface area contributed by atoms with Crippen LogP contribution >= 0.6 is 23.2 Å². The third-order valence-corrected chi connectivity index (χ3v) is 3.72. The third kappa shape index (κ3) is 2.27. The number of hydrogen-bond acceptors (Lipinski definition) is 3. The number of imidazole rings is 1. The van der Waals surface area contributed by atoms with Gasteiger partial charge in [0.1, 0.15) is 12.2 Å². The molecule has 0 aliphatic carbocycles. The zero-order valence-corrected chi connectivity index (χ0v) is 12.4. The first-order valence-electron chi connectivity index (χ1n) is 6.30. The van der Waals surface area contributed by atoms with Crippen molar-refractivity contribution in [1.29, 1.82) is 0 Å². The molecule has 0 aliphatic heterocycles. The number of halogens is 2. The van der Waals surface area contributed by atoms with Gasteiger partial charge in [-0.05, 0) is 25.1 Å². The zero-order valence-electron chi connectivity index (χ0n) is 10.9. The molecule has 3 rings (SSSR count). The van der Waals surface area contributed by atoms with Gasteiger partial charge in [0.2, 0.25) is 0 Å². The molecule has 0 fully saturated rings. The molecule has 2 aromatic heterocycles. The van der Waals surface area contributed by atoms with Crippen LogP contribution in [-0.4, -0.2) is 24.3 Å². The zero-order chi connectivity index (χ0) is 14.1. The molecule has 20 heavy (non-hydrogen) atoms. The van der Waals surface area contributed by atoms with Crippen LogP contribution in [0.4, 0.5) is 0 Å². The molecule has 0 aliphatic rings. The van der Waals surface area contributed by atoms with Gasteiger partial charge in [-0.3, -0.25) is 0 Å². The van der Waals surface area contributed by atoms with Gasteiger partial charge in [0.15, 0.2) is 5.82 Å². The fraction of sp³-hybridized carbons (Fsp3) is 0.308. The summed E-state index contributed by atoms with van der Waals surface area (Å²) in [6.45, 7) is 3.48. The molecule has 0 saturated heterocycles. The SMILES string of the molecule is CCn1cnnc1Cn1c(CCl)nc2cc(Cl)ccc21. The highest BCUT2D eigenvalue weighted by molar-refractivity contribution is 6.31. The molecule has 0 bridgehead atoms. The molecule has 2 heterocycles. The van der Waals surface area contributed by atoms with E-state index < -0.39 is 0 Å². The smallest absolute Gasteiger partial charge is 0.152 e. The molecular formula is C13H13Cl2N5. The minimum Gasteiger partial charge on any atom is -0.319 e. The topological polar surface area (TPSA) is 48.5 Å². The number of aromatic nitrogens is 5. The summed E-state index contributed by atoms with van der Waals surface area (Å²) >= 11 is 12.0. The Morgan fingerprint density at radius 3 is 2.85 bits per heavy atom. The molecule has 3 aromatic rings. The van der Waals surface area contributed by atoms with Crippen molar-refractivity contribution in [3.05, 3.63) is 41.2 Å². The molecule has 0 atom stereocenters.